The minimum absolute atomic E-state index is 0.226. The van der Waals surface area contributed by atoms with Crippen LogP contribution in [-0.4, -0.2) is 12.5 Å². The number of carbonyl (C=O) groups excluding carboxylic acids is 1. The first-order valence-electron chi connectivity index (χ1n) is 4.65. The Morgan fingerprint density at radius 1 is 1.59 bits per heavy atom. The fourth-order valence-corrected chi connectivity index (χ4v) is 2.90. The average molecular weight is 311 g/mol. The quantitative estimate of drug-likeness (QED) is 0.945. The molecule has 0 bridgehead atoms. The molecule has 4 nitrogen and oxygen atoms in total. The summed E-state index contributed by atoms with van der Waals surface area (Å²) < 4.78 is 7.13. The number of benzene rings is 1. The highest BCUT2D eigenvalue weighted by Gasteiger charge is 2.14. The van der Waals surface area contributed by atoms with Gasteiger partial charge < -0.3 is 10.5 Å². The molecule has 0 saturated carbocycles. The van der Waals surface area contributed by atoms with Crippen LogP contribution in [0.5, 0.6) is 5.75 Å². The number of ether oxygens (including phenoxy) is 1. The molecule has 0 aliphatic rings. The van der Waals surface area contributed by atoms with E-state index < -0.39 is 5.91 Å². The smallest absolute Gasteiger partial charge is 0.255 e. The van der Waals surface area contributed by atoms with Crippen molar-refractivity contribution in [2.24, 2.45) is 5.73 Å². The van der Waals surface area contributed by atoms with Crippen molar-refractivity contribution in [2.75, 3.05) is 6.61 Å². The molecule has 2 aromatic rings. The largest absolute Gasteiger partial charge is 0.481 e. The van der Waals surface area contributed by atoms with E-state index in [9.17, 15) is 4.79 Å². The van der Waals surface area contributed by atoms with Crippen molar-refractivity contribution in [1.82, 2.24) is 0 Å². The van der Waals surface area contributed by atoms with E-state index in [1.165, 1.54) is 11.3 Å². The lowest BCUT2D eigenvalue weighted by Crippen LogP contribution is -2.20. The Hall–Kier alpha value is -1.58. The molecule has 2 N–H and O–H groups in total. The maximum absolute atomic E-state index is 10.7. The Morgan fingerprint density at radius 2 is 2.35 bits per heavy atom. The van der Waals surface area contributed by atoms with Crippen LogP contribution < -0.4 is 10.5 Å². The van der Waals surface area contributed by atoms with E-state index in [1.54, 1.807) is 0 Å². The van der Waals surface area contributed by atoms with E-state index in [2.05, 4.69) is 22.0 Å². The number of nitrogens with zero attached hydrogens (tertiary/aromatic N) is 1. The number of rotatable bonds is 3. The normalized spacial score (nSPS) is 10.1. The predicted octanol–water partition coefficient (Wildman–Crippen LogP) is 2.40. The Labute approximate surface area is 110 Å². The Bertz CT molecular complexity index is 630. The van der Waals surface area contributed by atoms with Crippen molar-refractivity contribution >= 4 is 43.3 Å². The molecule has 0 radical (unpaired) electrons. The molecule has 6 heteroatoms. The van der Waals surface area contributed by atoms with Gasteiger partial charge in [0.1, 0.15) is 10.9 Å². The number of carbonyl (C=O) groups is 1. The molecule has 0 atom stereocenters. The highest BCUT2D eigenvalue weighted by atomic mass is 79.9. The van der Waals surface area contributed by atoms with E-state index in [1.807, 2.05) is 18.2 Å². The third-order valence-electron chi connectivity index (χ3n) is 2.07. The van der Waals surface area contributed by atoms with Crippen LogP contribution in [0.15, 0.2) is 22.7 Å². The minimum atomic E-state index is -0.564. The monoisotopic (exact) mass is 310 g/mol. The van der Waals surface area contributed by atoms with Gasteiger partial charge in [-0.2, -0.15) is 5.26 Å². The molecule has 86 valence electrons. The number of nitrogens with two attached hydrogens (primary N) is 1. The Kier molecular flexibility index (Phi) is 3.31. The summed E-state index contributed by atoms with van der Waals surface area (Å²) in [6.07, 6.45) is 0. The minimum Gasteiger partial charge on any atom is -0.481 e. The summed E-state index contributed by atoms with van der Waals surface area (Å²) in [5, 5.41) is 9.82. The van der Waals surface area contributed by atoms with Crippen LogP contribution in [0.2, 0.25) is 0 Å². The highest BCUT2D eigenvalue weighted by Crippen LogP contribution is 2.38. The lowest BCUT2D eigenvalue weighted by atomic mass is 10.2. The van der Waals surface area contributed by atoms with Gasteiger partial charge in [-0.15, -0.1) is 11.3 Å². The third kappa shape index (κ3) is 2.40. The summed E-state index contributed by atoms with van der Waals surface area (Å²) in [7, 11) is 0. The number of hydrogen-bond acceptors (Lipinski definition) is 4. The Morgan fingerprint density at radius 3 is 3.00 bits per heavy atom. The summed E-state index contributed by atoms with van der Waals surface area (Å²) in [4.78, 5) is 11.1. The summed E-state index contributed by atoms with van der Waals surface area (Å²) >= 11 is 4.68. The molecule has 0 aliphatic heterocycles. The van der Waals surface area contributed by atoms with Crippen LogP contribution >= 0.6 is 27.3 Å². The number of primary amides is 1. The molecule has 17 heavy (non-hydrogen) atoms. The van der Waals surface area contributed by atoms with Crippen LogP contribution in [0.4, 0.5) is 0 Å². The number of thiophene rings is 1. The first-order valence-corrected chi connectivity index (χ1v) is 6.26. The second-order valence-electron chi connectivity index (χ2n) is 3.27. The predicted molar refractivity (Wildman–Crippen MR) is 68.9 cm³/mol. The standard InChI is InChI=1S/C11H7BrN2O2S/c12-6-1-2-7-8(3-6)17-9(4-13)11(7)16-5-10(14)15/h1-3H,5H2,(H2,14,15). The van der Waals surface area contributed by atoms with Crippen molar-refractivity contribution < 1.29 is 9.53 Å². The van der Waals surface area contributed by atoms with Crippen LogP contribution in [0.1, 0.15) is 4.88 Å². The van der Waals surface area contributed by atoms with Crippen LogP contribution in [0.3, 0.4) is 0 Å². The molecule has 0 fully saturated rings. The van der Waals surface area contributed by atoms with Crippen molar-refractivity contribution in [1.29, 1.82) is 5.26 Å². The zero-order chi connectivity index (χ0) is 12.4. The maximum Gasteiger partial charge on any atom is 0.255 e. The van der Waals surface area contributed by atoms with Gasteiger partial charge >= 0.3 is 0 Å². The molecule has 0 aliphatic carbocycles. The van der Waals surface area contributed by atoms with Gasteiger partial charge in [-0.3, -0.25) is 4.79 Å². The van der Waals surface area contributed by atoms with E-state index in [-0.39, 0.29) is 6.61 Å². The van der Waals surface area contributed by atoms with Gasteiger partial charge in [-0.05, 0) is 18.2 Å². The van der Waals surface area contributed by atoms with Crippen molar-refractivity contribution in [2.45, 2.75) is 0 Å². The van der Waals surface area contributed by atoms with Crippen molar-refractivity contribution in [3.63, 3.8) is 0 Å². The van der Waals surface area contributed by atoms with Crippen LogP contribution in [-0.2, 0) is 4.79 Å². The van der Waals surface area contributed by atoms with Crippen LogP contribution in [0, 0.1) is 11.3 Å². The van der Waals surface area contributed by atoms with Gasteiger partial charge in [0.2, 0.25) is 0 Å². The van der Waals surface area contributed by atoms with Crippen molar-refractivity contribution in [3.8, 4) is 11.8 Å². The zero-order valence-electron chi connectivity index (χ0n) is 8.57. The van der Waals surface area contributed by atoms with Gasteiger partial charge in [0.05, 0.1) is 0 Å². The summed E-state index contributed by atoms with van der Waals surface area (Å²) in [5.74, 6) is -0.135. The second-order valence-corrected chi connectivity index (χ2v) is 5.24. The highest BCUT2D eigenvalue weighted by molar-refractivity contribution is 9.10. The van der Waals surface area contributed by atoms with E-state index in [0.717, 1.165) is 14.6 Å². The number of nitriles is 1. The number of fused-ring (bicyclic) bond motifs is 1. The molecule has 0 unspecified atom stereocenters. The molecular formula is C11H7BrN2O2S. The first kappa shape index (κ1) is 11.9. The topological polar surface area (TPSA) is 76.1 Å². The Balaban J connectivity index is 2.51. The molecule has 1 aromatic carbocycles. The average Bonchev–Trinajstić information content (AvgIpc) is 2.63. The van der Waals surface area contributed by atoms with E-state index in [0.29, 0.717) is 10.6 Å². The molecule has 1 amide bonds. The molecule has 2 rings (SSSR count). The molecule has 1 aromatic heterocycles. The summed E-state index contributed by atoms with van der Waals surface area (Å²) in [5.41, 5.74) is 5.02. The van der Waals surface area contributed by atoms with Gasteiger partial charge in [-0.25, -0.2) is 0 Å². The van der Waals surface area contributed by atoms with Gasteiger partial charge in [0.25, 0.3) is 5.91 Å². The lowest BCUT2D eigenvalue weighted by molar-refractivity contribution is -0.119. The molecule has 0 saturated heterocycles. The number of hydrogen-bond donors (Lipinski definition) is 1. The fourth-order valence-electron chi connectivity index (χ4n) is 1.41. The third-order valence-corrected chi connectivity index (χ3v) is 3.60. The zero-order valence-corrected chi connectivity index (χ0v) is 11.0. The van der Waals surface area contributed by atoms with Gasteiger partial charge in [0.15, 0.2) is 12.4 Å². The fraction of sp³-hybridized carbons (Fsp3) is 0.0909. The van der Waals surface area contributed by atoms with Crippen LogP contribution in [0.25, 0.3) is 10.1 Å². The SMILES string of the molecule is N#Cc1sc2cc(Br)ccc2c1OCC(N)=O. The first-order chi connectivity index (χ1) is 8.11. The lowest BCUT2D eigenvalue weighted by Gasteiger charge is -2.02. The summed E-state index contributed by atoms with van der Waals surface area (Å²) in [6.45, 7) is -0.226. The molecular weight excluding hydrogens is 304 g/mol. The summed E-state index contributed by atoms with van der Waals surface area (Å²) in [6, 6.07) is 7.65. The van der Waals surface area contributed by atoms with Gasteiger partial charge in [-0.1, -0.05) is 15.9 Å². The number of halogens is 1. The van der Waals surface area contributed by atoms with Gasteiger partial charge in [0, 0.05) is 14.6 Å². The molecule has 0 spiro atoms. The molecule has 1 heterocycles. The maximum atomic E-state index is 10.7. The number of amides is 1. The van der Waals surface area contributed by atoms with E-state index in [4.69, 9.17) is 15.7 Å². The second kappa shape index (κ2) is 4.73. The van der Waals surface area contributed by atoms with E-state index >= 15 is 0 Å². The van der Waals surface area contributed by atoms with Crippen molar-refractivity contribution in [3.05, 3.63) is 27.5 Å².